The number of rotatable bonds is 29. The maximum Gasteiger partial charge on any atom is 0.356 e. The molecule has 0 aromatic carbocycles. The van der Waals surface area contributed by atoms with Gasteiger partial charge in [0.15, 0.2) is 17.6 Å². The van der Waals surface area contributed by atoms with Crippen molar-refractivity contribution in [3.63, 3.8) is 0 Å². The Morgan fingerprint density at radius 2 is 1.02 bits per heavy atom. The first-order valence-corrected chi connectivity index (χ1v) is 17.7. The van der Waals surface area contributed by atoms with E-state index in [0.717, 1.165) is 38.5 Å². The number of hydroxylamine groups is 2. The first-order chi connectivity index (χ1) is 20.5. The Hall–Kier alpha value is -1.89. The minimum Gasteiger partial charge on any atom is -0.476 e. The number of hydrogen-bond donors (Lipinski definition) is 1. The van der Waals surface area contributed by atoms with Gasteiger partial charge in [-0.15, -0.1) is 0 Å². The molecule has 1 heterocycles. The zero-order valence-corrected chi connectivity index (χ0v) is 27.5. The Morgan fingerprint density at radius 3 is 1.43 bits per heavy atom. The number of aliphatic carboxylic acids is 1. The SMILES string of the molecule is CCCCCCCCCCCCCC(=O)C1N(C(=O)CCCCCCCCCCCCC)C=C(C(=O)O)N1OCCC. The lowest BCUT2D eigenvalue weighted by atomic mass is 10.0. The van der Waals surface area contributed by atoms with E-state index in [1.54, 1.807) is 0 Å². The molecule has 0 saturated carbocycles. The molecular weight excluding hydrogens is 528 g/mol. The highest BCUT2D eigenvalue weighted by molar-refractivity contribution is 5.94. The van der Waals surface area contributed by atoms with E-state index in [4.69, 9.17) is 4.84 Å². The van der Waals surface area contributed by atoms with Gasteiger partial charge >= 0.3 is 5.97 Å². The van der Waals surface area contributed by atoms with Crippen LogP contribution in [-0.2, 0) is 19.2 Å². The van der Waals surface area contributed by atoms with Crippen LogP contribution in [-0.4, -0.2) is 45.5 Å². The van der Waals surface area contributed by atoms with Crippen molar-refractivity contribution in [2.45, 2.75) is 187 Å². The number of nitrogens with zero attached hydrogens (tertiary/aromatic N) is 2. The van der Waals surface area contributed by atoms with E-state index in [2.05, 4.69) is 13.8 Å². The van der Waals surface area contributed by atoms with E-state index >= 15 is 0 Å². The van der Waals surface area contributed by atoms with Gasteiger partial charge in [0, 0.05) is 19.0 Å². The number of hydrogen-bond acceptors (Lipinski definition) is 5. The second-order valence-electron chi connectivity index (χ2n) is 12.2. The number of unbranched alkanes of at least 4 members (excludes halogenated alkanes) is 20. The van der Waals surface area contributed by atoms with Crippen molar-refractivity contribution in [3.05, 3.63) is 11.9 Å². The molecule has 1 atom stereocenters. The maximum atomic E-state index is 13.4. The highest BCUT2D eigenvalue weighted by atomic mass is 16.7. The van der Waals surface area contributed by atoms with Gasteiger partial charge in [0.2, 0.25) is 5.91 Å². The van der Waals surface area contributed by atoms with E-state index in [-0.39, 0.29) is 24.0 Å². The second-order valence-corrected chi connectivity index (χ2v) is 12.2. The van der Waals surface area contributed by atoms with E-state index in [0.29, 0.717) is 19.3 Å². The molecule has 7 nitrogen and oxygen atoms in total. The third-order valence-corrected chi connectivity index (χ3v) is 8.23. The lowest BCUT2D eigenvalue weighted by Crippen LogP contribution is -2.48. The maximum absolute atomic E-state index is 13.4. The summed E-state index contributed by atoms with van der Waals surface area (Å²) < 4.78 is 0. The third-order valence-electron chi connectivity index (χ3n) is 8.23. The number of carboxylic acid groups (broad SMARTS) is 1. The molecule has 1 unspecified atom stereocenters. The number of carboxylic acids is 1. The topological polar surface area (TPSA) is 87.2 Å². The van der Waals surface area contributed by atoms with E-state index < -0.39 is 12.1 Å². The molecular formula is C35H64N2O5. The van der Waals surface area contributed by atoms with Crippen molar-refractivity contribution in [1.29, 1.82) is 0 Å². The first-order valence-electron chi connectivity index (χ1n) is 17.7. The smallest absolute Gasteiger partial charge is 0.356 e. The minimum atomic E-state index is -1.19. The Kier molecular flexibility index (Phi) is 23.2. The minimum absolute atomic E-state index is 0.145. The van der Waals surface area contributed by atoms with Crippen LogP contribution in [0.15, 0.2) is 11.9 Å². The molecule has 0 radical (unpaired) electrons. The molecule has 0 aromatic rings. The normalized spacial score (nSPS) is 14.9. The van der Waals surface area contributed by atoms with Crippen molar-refractivity contribution in [2.24, 2.45) is 0 Å². The quantitative estimate of drug-likeness (QED) is 0.0870. The number of carbonyl (C=O) groups excluding carboxylic acids is 2. The summed E-state index contributed by atoms with van der Waals surface area (Å²) in [6, 6.07) is 0. The van der Waals surface area contributed by atoms with Gasteiger partial charge in [0.1, 0.15) is 0 Å². The lowest BCUT2D eigenvalue weighted by molar-refractivity contribution is -0.189. The molecule has 0 fully saturated rings. The zero-order chi connectivity index (χ0) is 30.8. The van der Waals surface area contributed by atoms with Crippen molar-refractivity contribution < 1.29 is 24.3 Å². The van der Waals surface area contributed by atoms with Gasteiger partial charge in [-0.1, -0.05) is 149 Å². The average molecular weight is 593 g/mol. The molecule has 244 valence electrons. The number of carbonyl (C=O) groups is 3. The molecule has 1 aliphatic heterocycles. The highest BCUT2D eigenvalue weighted by Gasteiger charge is 2.43. The predicted octanol–water partition coefficient (Wildman–Crippen LogP) is 9.70. The molecule has 0 bridgehead atoms. The van der Waals surface area contributed by atoms with Crippen LogP contribution in [0.5, 0.6) is 0 Å². The van der Waals surface area contributed by atoms with Crippen LogP contribution in [0.4, 0.5) is 0 Å². The van der Waals surface area contributed by atoms with Crippen LogP contribution < -0.4 is 0 Å². The summed E-state index contributed by atoms with van der Waals surface area (Å²) in [7, 11) is 0. The van der Waals surface area contributed by atoms with Crippen LogP contribution in [0.1, 0.15) is 181 Å². The fraction of sp³-hybridized carbons (Fsp3) is 0.857. The molecule has 7 heteroatoms. The third kappa shape index (κ3) is 16.7. The van der Waals surface area contributed by atoms with Crippen LogP contribution in [0, 0.1) is 0 Å². The number of ketones is 1. The van der Waals surface area contributed by atoms with E-state index in [1.165, 1.54) is 119 Å². The summed E-state index contributed by atoms with van der Waals surface area (Å²) in [5, 5.41) is 11.0. The van der Waals surface area contributed by atoms with E-state index in [1.807, 2.05) is 6.92 Å². The Morgan fingerprint density at radius 1 is 0.619 bits per heavy atom. The standard InChI is InChI=1S/C35H64N2O5/c1-4-7-9-11-13-15-17-19-21-23-25-27-32(38)34-36(30-31(35(40)41)37(34)42-29-6-3)33(39)28-26-24-22-20-18-16-14-12-10-8-5-2/h30,34H,4-29H2,1-3H3,(H,40,41). The summed E-state index contributed by atoms with van der Waals surface area (Å²) in [5.74, 6) is -1.55. The summed E-state index contributed by atoms with van der Waals surface area (Å²) in [5.41, 5.74) is -0.145. The van der Waals surface area contributed by atoms with Gasteiger partial charge < -0.3 is 5.11 Å². The van der Waals surface area contributed by atoms with Gasteiger partial charge in [-0.2, -0.15) is 0 Å². The van der Waals surface area contributed by atoms with Crippen molar-refractivity contribution >= 4 is 17.7 Å². The molecule has 1 rings (SSSR count). The first kappa shape index (κ1) is 38.1. The van der Waals surface area contributed by atoms with Crippen LogP contribution >= 0.6 is 0 Å². The fourth-order valence-corrected chi connectivity index (χ4v) is 5.64. The lowest BCUT2D eigenvalue weighted by Gasteiger charge is -2.30. The molecule has 42 heavy (non-hydrogen) atoms. The average Bonchev–Trinajstić information content (AvgIpc) is 3.37. The summed E-state index contributed by atoms with van der Waals surface area (Å²) >= 11 is 0. The van der Waals surface area contributed by atoms with Crippen molar-refractivity contribution in [1.82, 2.24) is 9.96 Å². The molecule has 1 aliphatic rings. The summed E-state index contributed by atoms with van der Waals surface area (Å²) in [6.07, 6.45) is 27.9. The molecule has 0 aliphatic carbocycles. The zero-order valence-electron chi connectivity index (χ0n) is 27.5. The largest absolute Gasteiger partial charge is 0.476 e. The Balaban J connectivity index is 2.49. The molecule has 0 aromatic heterocycles. The van der Waals surface area contributed by atoms with Gasteiger partial charge in [-0.25, -0.2) is 9.86 Å². The summed E-state index contributed by atoms with van der Waals surface area (Å²) in [6.45, 7) is 6.69. The summed E-state index contributed by atoms with van der Waals surface area (Å²) in [4.78, 5) is 45.6. The fourth-order valence-electron chi connectivity index (χ4n) is 5.64. The second kappa shape index (κ2) is 25.6. The molecule has 1 amide bonds. The van der Waals surface area contributed by atoms with Crippen molar-refractivity contribution in [2.75, 3.05) is 6.61 Å². The Bertz CT molecular complexity index is 754. The number of Topliss-reactive ketones (excluding diaryl/α,β-unsaturated/α-hetero) is 1. The predicted molar refractivity (Wildman–Crippen MR) is 172 cm³/mol. The molecule has 0 spiro atoms. The van der Waals surface area contributed by atoms with Crippen LogP contribution in [0.2, 0.25) is 0 Å². The van der Waals surface area contributed by atoms with Crippen LogP contribution in [0.3, 0.4) is 0 Å². The van der Waals surface area contributed by atoms with Crippen LogP contribution in [0.25, 0.3) is 0 Å². The highest BCUT2D eigenvalue weighted by Crippen LogP contribution is 2.28. The Labute approximate surface area is 257 Å². The monoisotopic (exact) mass is 592 g/mol. The van der Waals surface area contributed by atoms with Crippen molar-refractivity contribution in [3.8, 4) is 0 Å². The van der Waals surface area contributed by atoms with Gasteiger partial charge in [-0.05, 0) is 19.3 Å². The van der Waals surface area contributed by atoms with E-state index in [9.17, 15) is 19.5 Å². The van der Waals surface area contributed by atoms with Gasteiger partial charge in [0.05, 0.1) is 6.61 Å². The molecule has 1 N–H and O–H groups in total. The molecule has 0 saturated heterocycles. The number of amides is 1. The van der Waals surface area contributed by atoms with Gasteiger partial charge in [0.25, 0.3) is 0 Å². The van der Waals surface area contributed by atoms with Gasteiger partial charge in [-0.3, -0.25) is 19.3 Å².